The van der Waals surface area contributed by atoms with E-state index >= 15 is 0 Å². The number of nitrogens with zero attached hydrogens (tertiary/aromatic N) is 1. The van der Waals surface area contributed by atoms with Crippen LogP contribution in [0.15, 0.2) is 48.5 Å². The zero-order valence-electron chi connectivity index (χ0n) is 14.4. The predicted octanol–water partition coefficient (Wildman–Crippen LogP) is 3.45. The van der Waals surface area contributed by atoms with Crippen LogP contribution in [0.25, 0.3) is 0 Å². The van der Waals surface area contributed by atoms with Gasteiger partial charge in [0.25, 0.3) is 5.91 Å². The highest BCUT2D eigenvalue weighted by molar-refractivity contribution is 7.80. The number of hydrogen-bond donors (Lipinski definition) is 2. The van der Waals surface area contributed by atoms with Crippen molar-refractivity contribution in [3.63, 3.8) is 0 Å². The van der Waals surface area contributed by atoms with Crippen LogP contribution < -0.4 is 10.6 Å². The lowest BCUT2D eigenvalue weighted by atomic mass is 10.1. The van der Waals surface area contributed by atoms with E-state index in [4.69, 9.17) is 12.2 Å². The van der Waals surface area contributed by atoms with Crippen molar-refractivity contribution in [2.75, 3.05) is 26.0 Å². The Morgan fingerprint density at radius 1 is 1.08 bits per heavy atom. The third kappa shape index (κ3) is 6.15. The fourth-order valence-corrected chi connectivity index (χ4v) is 2.50. The van der Waals surface area contributed by atoms with Crippen molar-refractivity contribution >= 4 is 28.9 Å². The van der Waals surface area contributed by atoms with E-state index in [2.05, 4.69) is 10.6 Å². The summed E-state index contributed by atoms with van der Waals surface area (Å²) >= 11 is 5.26. The SMILES string of the molecule is CN(C)C(=O)c1ccc(NC(=S)NCCCc2ccc(F)cc2)cc1. The Hall–Kier alpha value is -2.47. The van der Waals surface area contributed by atoms with Crippen LogP contribution in [0.2, 0.25) is 0 Å². The number of carbonyl (C=O) groups excluding carboxylic acids is 1. The second kappa shape index (κ2) is 9.13. The largest absolute Gasteiger partial charge is 0.362 e. The van der Waals surface area contributed by atoms with Crippen molar-refractivity contribution in [2.24, 2.45) is 0 Å². The summed E-state index contributed by atoms with van der Waals surface area (Å²) in [6.07, 6.45) is 1.75. The summed E-state index contributed by atoms with van der Waals surface area (Å²) in [5.41, 5.74) is 2.56. The second-order valence-corrected chi connectivity index (χ2v) is 6.30. The van der Waals surface area contributed by atoms with Gasteiger partial charge in [-0.05, 0) is 67.0 Å². The Morgan fingerprint density at radius 2 is 1.72 bits per heavy atom. The quantitative estimate of drug-likeness (QED) is 0.613. The molecule has 0 heterocycles. The fourth-order valence-electron chi connectivity index (χ4n) is 2.28. The summed E-state index contributed by atoms with van der Waals surface area (Å²) < 4.78 is 12.8. The number of amides is 1. The molecule has 0 aliphatic carbocycles. The van der Waals surface area contributed by atoms with Crippen LogP contribution in [0.5, 0.6) is 0 Å². The number of rotatable bonds is 6. The van der Waals surface area contributed by atoms with Gasteiger partial charge in [0.1, 0.15) is 5.82 Å². The first-order valence-electron chi connectivity index (χ1n) is 8.07. The average molecular weight is 359 g/mol. The van der Waals surface area contributed by atoms with Crippen molar-refractivity contribution in [1.82, 2.24) is 10.2 Å². The molecule has 2 aromatic rings. The van der Waals surface area contributed by atoms with Gasteiger partial charge in [0.2, 0.25) is 0 Å². The van der Waals surface area contributed by atoms with Gasteiger partial charge >= 0.3 is 0 Å². The molecule has 0 radical (unpaired) electrons. The maximum atomic E-state index is 12.8. The Bertz CT molecular complexity index is 714. The third-order valence-corrected chi connectivity index (χ3v) is 3.88. The number of hydrogen-bond acceptors (Lipinski definition) is 2. The topological polar surface area (TPSA) is 44.4 Å². The number of benzene rings is 2. The molecule has 0 fully saturated rings. The van der Waals surface area contributed by atoms with Crippen molar-refractivity contribution in [1.29, 1.82) is 0 Å². The molecule has 0 bridgehead atoms. The molecule has 1 amide bonds. The molecule has 0 saturated carbocycles. The molecule has 2 aromatic carbocycles. The molecule has 0 atom stereocenters. The molecule has 25 heavy (non-hydrogen) atoms. The molecule has 0 aromatic heterocycles. The summed E-state index contributed by atoms with van der Waals surface area (Å²) in [7, 11) is 3.44. The molecule has 0 saturated heterocycles. The van der Waals surface area contributed by atoms with Crippen LogP contribution in [-0.4, -0.2) is 36.6 Å². The fraction of sp³-hybridized carbons (Fsp3) is 0.263. The van der Waals surface area contributed by atoms with E-state index in [1.54, 1.807) is 38.4 Å². The number of carbonyl (C=O) groups is 1. The summed E-state index contributed by atoms with van der Waals surface area (Å²) in [5, 5.41) is 6.76. The molecule has 0 aliphatic rings. The van der Waals surface area contributed by atoms with Gasteiger partial charge < -0.3 is 15.5 Å². The van der Waals surface area contributed by atoms with E-state index in [0.29, 0.717) is 10.7 Å². The Kier molecular flexibility index (Phi) is 6.89. The first kappa shape index (κ1) is 18.9. The van der Waals surface area contributed by atoms with E-state index in [1.165, 1.54) is 17.0 Å². The van der Waals surface area contributed by atoms with Crippen LogP contribution in [-0.2, 0) is 6.42 Å². The Balaban J connectivity index is 1.73. The molecule has 2 N–H and O–H groups in total. The molecule has 0 spiro atoms. The van der Waals surface area contributed by atoms with E-state index in [-0.39, 0.29) is 11.7 Å². The van der Waals surface area contributed by atoms with Crippen LogP contribution in [0.4, 0.5) is 10.1 Å². The maximum absolute atomic E-state index is 12.8. The lowest BCUT2D eigenvalue weighted by Gasteiger charge is -2.12. The van der Waals surface area contributed by atoms with Gasteiger partial charge in [-0.3, -0.25) is 4.79 Å². The number of thiocarbonyl (C=S) groups is 1. The number of halogens is 1. The molecule has 0 aliphatic heterocycles. The standard InChI is InChI=1S/C19H22FN3OS/c1-23(2)18(24)15-7-11-17(12-8-15)22-19(25)21-13-3-4-14-5-9-16(20)10-6-14/h5-12H,3-4,13H2,1-2H3,(H2,21,22,25). The van der Waals surface area contributed by atoms with Crippen molar-refractivity contribution < 1.29 is 9.18 Å². The van der Waals surface area contributed by atoms with Crippen LogP contribution >= 0.6 is 12.2 Å². The highest BCUT2D eigenvalue weighted by Crippen LogP contribution is 2.11. The minimum Gasteiger partial charge on any atom is -0.362 e. The zero-order valence-corrected chi connectivity index (χ0v) is 15.2. The molecular formula is C19H22FN3OS. The van der Waals surface area contributed by atoms with E-state index < -0.39 is 0 Å². The molecule has 6 heteroatoms. The second-order valence-electron chi connectivity index (χ2n) is 5.89. The lowest BCUT2D eigenvalue weighted by Crippen LogP contribution is -2.29. The third-order valence-electron chi connectivity index (χ3n) is 3.64. The molecular weight excluding hydrogens is 337 g/mol. The van der Waals surface area contributed by atoms with Crippen molar-refractivity contribution in [3.05, 3.63) is 65.5 Å². The van der Waals surface area contributed by atoms with Crippen molar-refractivity contribution in [2.45, 2.75) is 12.8 Å². The predicted molar refractivity (Wildman–Crippen MR) is 103 cm³/mol. The Morgan fingerprint density at radius 3 is 2.32 bits per heavy atom. The number of anilines is 1. The van der Waals surface area contributed by atoms with E-state index in [1.807, 2.05) is 12.1 Å². The summed E-state index contributed by atoms with van der Waals surface area (Å²) in [6, 6.07) is 13.7. The number of nitrogens with one attached hydrogen (secondary N) is 2. The first-order valence-corrected chi connectivity index (χ1v) is 8.47. The smallest absolute Gasteiger partial charge is 0.253 e. The summed E-state index contributed by atoms with van der Waals surface area (Å²) in [4.78, 5) is 13.4. The van der Waals surface area contributed by atoms with Gasteiger partial charge in [0.05, 0.1) is 0 Å². The average Bonchev–Trinajstić information content (AvgIpc) is 2.60. The van der Waals surface area contributed by atoms with Gasteiger partial charge in [0.15, 0.2) is 5.11 Å². The van der Waals surface area contributed by atoms with Gasteiger partial charge in [-0.15, -0.1) is 0 Å². The van der Waals surface area contributed by atoms with Crippen molar-refractivity contribution in [3.8, 4) is 0 Å². The first-order chi connectivity index (χ1) is 12.0. The van der Waals surface area contributed by atoms with E-state index in [9.17, 15) is 9.18 Å². The van der Waals surface area contributed by atoms with Crippen LogP contribution in [0, 0.1) is 5.82 Å². The van der Waals surface area contributed by atoms with Gasteiger partial charge in [-0.2, -0.15) is 0 Å². The van der Waals surface area contributed by atoms with Gasteiger partial charge in [0, 0.05) is 31.9 Å². The summed E-state index contributed by atoms with van der Waals surface area (Å²) in [5.74, 6) is -0.251. The van der Waals surface area contributed by atoms with Gasteiger partial charge in [-0.1, -0.05) is 12.1 Å². The van der Waals surface area contributed by atoms with E-state index in [0.717, 1.165) is 30.6 Å². The molecule has 4 nitrogen and oxygen atoms in total. The molecule has 132 valence electrons. The Labute approximate surface area is 153 Å². The zero-order chi connectivity index (χ0) is 18.2. The molecule has 2 rings (SSSR count). The monoisotopic (exact) mass is 359 g/mol. The summed E-state index contributed by atoms with van der Waals surface area (Å²) in [6.45, 7) is 0.723. The normalized spacial score (nSPS) is 10.2. The highest BCUT2D eigenvalue weighted by atomic mass is 32.1. The highest BCUT2D eigenvalue weighted by Gasteiger charge is 2.07. The maximum Gasteiger partial charge on any atom is 0.253 e. The van der Waals surface area contributed by atoms with Crippen LogP contribution in [0.3, 0.4) is 0 Å². The number of aryl methyl sites for hydroxylation is 1. The minimum absolute atomic E-state index is 0.0342. The van der Waals surface area contributed by atoms with Gasteiger partial charge in [-0.25, -0.2) is 4.39 Å². The minimum atomic E-state index is -0.217. The van der Waals surface area contributed by atoms with Crippen LogP contribution in [0.1, 0.15) is 22.3 Å². The molecule has 0 unspecified atom stereocenters. The lowest BCUT2D eigenvalue weighted by molar-refractivity contribution is 0.0827.